The Bertz CT molecular complexity index is 1470. The minimum Gasteiger partial charge on any atom is -0.490 e. The molecular formula is C33H30O6. The van der Waals surface area contributed by atoms with Gasteiger partial charge in [0.05, 0.1) is 0 Å². The Morgan fingerprint density at radius 2 is 1.13 bits per heavy atom. The van der Waals surface area contributed by atoms with Gasteiger partial charge in [-0.05, 0) is 75.2 Å². The fraction of sp³-hybridized carbons (Fsp3) is 0.212. The van der Waals surface area contributed by atoms with E-state index in [1.807, 2.05) is 24.3 Å². The molecule has 4 aromatic rings. The third kappa shape index (κ3) is 6.12. The molecule has 0 fully saturated rings. The monoisotopic (exact) mass is 522 g/mol. The van der Waals surface area contributed by atoms with Gasteiger partial charge in [-0.1, -0.05) is 60.7 Å². The molecule has 39 heavy (non-hydrogen) atoms. The average molecular weight is 523 g/mol. The van der Waals surface area contributed by atoms with Crippen molar-refractivity contribution in [3.05, 3.63) is 96.1 Å². The molecular weight excluding hydrogens is 492 g/mol. The topological polar surface area (TPSA) is 71.1 Å². The van der Waals surface area contributed by atoms with Gasteiger partial charge in [0.2, 0.25) is 0 Å². The van der Waals surface area contributed by atoms with Crippen LogP contribution in [0.15, 0.2) is 84.9 Å². The highest BCUT2D eigenvalue weighted by Crippen LogP contribution is 2.46. The van der Waals surface area contributed by atoms with Crippen LogP contribution in [0.2, 0.25) is 0 Å². The minimum atomic E-state index is -0.318. The minimum absolute atomic E-state index is 0.217. The molecule has 5 rings (SSSR count). The number of carbonyl (C=O) groups is 2. The van der Waals surface area contributed by atoms with Crippen LogP contribution in [0.4, 0.5) is 0 Å². The van der Waals surface area contributed by atoms with Gasteiger partial charge in [-0.15, -0.1) is 0 Å². The van der Waals surface area contributed by atoms with E-state index in [-0.39, 0.29) is 25.2 Å². The highest BCUT2D eigenvalue weighted by atomic mass is 16.6. The number of esters is 2. The van der Waals surface area contributed by atoms with Crippen molar-refractivity contribution in [3.8, 4) is 44.9 Å². The summed E-state index contributed by atoms with van der Waals surface area (Å²) in [6.45, 7) is 3.81. The lowest BCUT2D eigenvalue weighted by atomic mass is 9.88. The van der Waals surface area contributed by atoms with E-state index >= 15 is 0 Å². The lowest BCUT2D eigenvalue weighted by Crippen LogP contribution is -2.09. The number of fused-ring (bicyclic) bond motifs is 3. The van der Waals surface area contributed by atoms with Gasteiger partial charge >= 0.3 is 11.9 Å². The number of hydrogen-bond donors (Lipinski definition) is 0. The highest BCUT2D eigenvalue weighted by molar-refractivity contribution is 5.93. The quantitative estimate of drug-likeness (QED) is 0.155. The second kappa shape index (κ2) is 11.9. The van der Waals surface area contributed by atoms with Crippen LogP contribution in [-0.4, -0.2) is 38.4 Å². The van der Waals surface area contributed by atoms with Crippen molar-refractivity contribution in [2.75, 3.05) is 26.4 Å². The van der Waals surface area contributed by atoms with Crippen molar-refractivity contribution in [1.29, 1.82) is 0 Å². The average Bonchev–Trinajstić information content (AvgIpc) is 3.32. The van der Waals surface area contributed by atoms with Crippen LogP contribution < -0.4 is 9.47 Å². The van der Waals surface area contributed by atoms with Gasteiger partial charge < -0.3 is 18.9 Å². The Balaban J connectivity index is 1.44. The number of ether oxygens (including phenoxy) is 4. The number of rotatable bonds is 10. The first-order chi connectivity index (χ1) is 19.0. The van der Waals surface area contributed by atoms with E-state index in [4.69, 9.17) is 18.9 Å². The predicted octanol–water partition coefficient (Wildman–Crippen LogP) is 6.48. The zero-order valence-corrected chi connectivity index (χ0v) is 22.1. The van der Waals surface area contributed by atoms with Crippen molar-refractivity contribution in [2.45, 2.75) is 20.3 Å². The molecule has 1 aliphatic rings. The van der Waals surface area contributed by atoms with E-state index in [0.717, 1.165) is 34.6 Å². The molecule has 0 saturated heterocycles. The van der Waals surface area contributed by atoms with Crippen molar-refractivity contribution < 1.29 is 28.5 Å². The summed E-state index contributed by atoms with van der Waals surface area (Å²) in [7, 11) is 0. The third-order valence-corrected chi connectivity index (χ3v) is 6.61. The smallest absolute Gasteiger partial charge is 0.302 e. The zero-order valence-electron chi connectivity index (χ0n) is 22.1. The summed E-state index contributed by atoms with van der Waals surface area (Å²) >= 11 is 0. The molecule has 0 unspecified atom stereocenters. The molecule has 4 aromatic carbocycles. The summed E-state index contributed by atoms with van der Waals surface area (Å²) in [5.74, 6) is 0.804. The summed E-state index contributed by atoms with van der Waals surface area (Å²) in [6, 6.07) is 29.0. The summed E-state index contributed by atoms with van der Waals surface area (Å²) in [5.41, 5.74) is 9.68. The molecule has 0 atom stereocenters. The van der Waals surface area contributed by atoms with E-state index in [1.54, 1.807) is 0 Å². The van der Waals surface area contributed by atoms with Crippen molar-refractivity contribution in [2.24, 2.45) is 0 Å². The maximum atomic E-state index is 11.0. The van der Waals surface area contributed by atoms with Gasteiger partial charge in [-0.3, -0.25) is 9.59 Å². The lowest BCUT2D eigenvalue weighted by molar-refractivity contribution is -0.142. The maximum absolute atomic E-state index is 11.0. The zero-order chi connectivity index (χ0) is 27.2. The molecule has 0 spiro atoms. The molecule has 0 aliphatic heterocycles. The number of hydrogen-bond acceptors (Lipinski definition) is 6. The van der Waals surface area contributed by atoms with Gasteiger partial charge in [0.25, 0.3) is 0 Å². The fourth-order valence-corrected chi connectivity index (χ4v) is 4.92. The standard InChI is InChI=1S/C33H30O6/c1-22(34)36-17-19-38-27-11-7-24(8-12-27)30-15-16-31-29-6-4-3-5-26(29)21-32(31)33(30)25-9-13-28(14-10-25)39-20-18-37-23(2)35/h3-16H,17-21H2,1-2H3. The predicted molar refractivity (Wildman–Crippen MR) is 150 cm³/mol. The first-order valence-corrected chi connectivity index (χ1v) is 13.0. The summed E-state index contributed by atoms with van der Waals surface area (Å²) in [4.78, 5) is 21.9. The first kappa shape index (κ1) is 26.0. The SMILES string of the molecule is CC(=O)OCCOc1ccc(-c2ccc3c(c2-c2ccc(OCCOC(C)=O)cc2)Cc2ccccc2-3)cc1. The molecule has 0 N–H and O–H groups in total. The largest absolute Gasteiger partial charge is 0.490 e. The first-order valence-electron chi connectivity index (χ1n) is 13.0. The van der Waals surface area contributed by atoms with Gasteiger partial charge in [0.15, 0.2) is 0 Å². The normalized spacial score (nSPS) is 11.3. The van der Waals surface area contributed by atoms with Crippen molar-refractivity contribution in [1.82, 2.24) is 0 Å². The van der Waals surface area contributed by atoms with Crippen LogP contribution in [0.1, 0.15) is 25.0 Å². The van der Waals surface area contributed by atoms with Crippen LogP contribution in [0, 0.1) is 0 Å². The van der Waals surface area contributed by atoms with Crippen LogP contribution in [0.25, 0.3) is 33.4 Å². The summed E-state index contributed by atoms with van der Waals surface area (Å²) in [5, 5.41) is 0. The Morgan fingerprint density at radius 1 is 0.590 bits per heavy atom. The summed E-state index contributed by atoms with van der Waals surface area (Å²) < 4.78 is 21.4. The maximum Gasteiger partial charge on any atom is 0.302 e. The summed E-state index contributed by atoms with van der Waals surface area (Å²) in [6.07, 6.45) is 0.868. The van der Waals surface area contributed by atoms with Crippen LogP contribution in [0.5, 0.6) is 11.5 Å². The van der Waals surface area contributed by atoms with Gasteiger partial charge in [-0.2, -0.15) is 0 Å². The molecule has 0 saturated carbocycles. The molecule has 0 heterocycles. The van der Waals surface area contributed by atoms with Crippen LogP contribution in [-0.2, 0) is 25.5 Å². The fourth-order valence-electron chi connectivity index (χ4n) is 4.92. The lowest BCUT2D eigenvalue weighted by Gasteiger charge is -2.17. The highest BCUT2D eigenvalue weighted by Gasteiger charge is 2.24. The van der Waals surface area contributed by atoms with Crippen LogP contribution in [0.3, 0.4) is 0 Å². The van der Waals surface area contributed by atoms with Crippen molar-refractivity contribution >= 4 is 11.9 Å². The van der Waals surface area contributed by atoms with E-state index in [1.165, 1.54) is 41.7 Å². The molecule has 1 aliphatic carbocycles. The molecule has 6 heteroatoms. The third-order valence-electron chi connectivity index (χ3n) is 6.61. The second-order valence-electron chi connectivity index (χ2n) is 9.27. The van der Waals surface area contributed by atoms with E-state index in [2.05, 4.69) is 60.7 Å². The molecule has 0 radical (unpaired) electrons. The van der Waals surface area contributed by atoms with Gasteiger partial charge in [0, 0.05) is 13.8 Å². The Kier molecular flexibility index (Phi) is 7.92. The molecule has 0 bridgehead atoms. The number of carbonyl (C=O) groups excluding carboxylic acids is 2. The molecule has 0 amide bonds. The molecule has 198 valence electrons. The Labute approximate surface area is 228 Å². The van der Waals surface area contributed by atoms with Gasteiger partial charge in [0.1, 0.15) is 37.9 Å². The van der Waals surface area contributed by atoms with Gasteiger partial charge in [-0.25, -0.2) is 0 Å². The van der Waals surface area contributed by atoms with Crippen LogP contribution >= 0.6 is 0 Å². The van der Waals surface area contributed by atoms with E-state index in [9.17, 15) is 9.59 Å². The molecule has 6 nitrogen and oxygen atoms in total. The molecule has 0 aromatic heterocycles. The Hall–Kier alpha value is -4.58. The van der Waals surface area contributed by atoms with E-state index < -0.39 is 0 Å². The van der Waals surface area contributed by atoms with Crippen molar-refractivity contribution in [3.63, 3.8) is 0 Å². The number of benzene rings is 4. The second-order valence-corrected chi connectivity index (χ2v) is 9.27. The van der Waals surface area contributed by atoms with E-state index in [0.29, 0.717) is 13.2 Å². The Morgan fingerprint density at radius 3 is 1.72 bits per heavy atom.